The molecule has 0 saturated carbocycles. The number of aliphatic hydroxyl groups is 3. The maximum atomic E-state index is 13.0. The quantitative estimate of drug-likeness (QED) is 0.289. The summed E-state index contributed by atoms with van der Waals surface area (Å²) in [7, 11) is 1.95. The number of hydrogen-bond acceptors (Lipinski definition) is 11. The summed E-state index contributed by atoms with van der Waals surface area (Å²) in [5, 5.41) is 53.5. The molecule has 2 heterocycles. The number of hydrogen-bond donors (Lipinski definition) is 5. The summed E-state index contributed by atoms with van der Waals surface area (Å²) in [6.45, 7) is 0.708. The third kappa shape index (κ3) is 4.01. The van der Waals surface area contributed by atoms with Crippen LogP contribution in [0.15, 0.2) is 54.3 Å². The molecule has 1 unspecified atom stereocenters. The number of aromatic hydroxyl groups is 1. The summed E-state index contributed by atoms with van der Waals surface area (Å²) in [5.41, 5.74) is -0.696. The van der Waals surface area contributed by atoms with Gasteiger partial charge in [0.05, 0.1) is 11.0 Å². The van der Waals surface area contributed by atoms with Crippen molar-refractivity contribution in [1.29, 1.82) is 0 Å². The number of nitrogens with zero attached hydrogens (tertiary/aromatic N) is 1. The summed E-state index contributed by atoms with van der Waals surface area (Å²) >= 11 is 0. The van der Waals surface area contributed by atoms with Crippen LogP contribution in [-0.4, -0.2) is 91.9 Å². The molecule has 0 amide bonds. The number of rotatable bonds is 7. The number of benzene rings is 2. The van der Waals surface area contributed by atoms with Gasteiger partial charge in [-0.2, -0.15) is 0 Å². The van der Waals surface area contributed by atoms with Crippen molar-refractivity contribution >= 4 is 17.9 Å². The molecule has 1 spiro atoms. The summed E-state index contributed by atoms with van der Waals surface area (Å²) in [6.07, 6.45) is -4.45. The summed E-state index contributed by atoms with van der Waals surface area (Å²) < 4.78 is 16.6. The number of phenolic OH excluding ortho intramolecular Hbond substituents is 1. The molecule has 1 fully saturated rings. The largest absolute Gasteiger partial charge is 0.504 e. The number of likely N-dealkylation sites (tertiary alicyclic amines) is 1. The first-order valence-corrected chi connectivity index (χ1v) is 13.7. The molecule has 5 N–H and O–H groups in total. The summed E-state index contributed by atoms with van der Waals surface area (Å²) in [6, 6.07) is 10.6. The van der Waals surface area contributed by atoms with Crippen molar-refractivity contribution in [3.8, 4) is 11.5 Å². The van der Waals surface area contributed by atoms with Crippen molar-refractivity contribution in [3.63, 3.8) is 0 Å². The lowest BCUT2D eigenvalue weighted by Crippen LogP contribution is -2.69. The molecule has 2 aliphatic carbocycles. The molecule has 7 atom stereocenters. The van der Waals surface area contributed by atoms with Gasteiger partial charge in [-0.05, 0) is 50.6 Å². The van der Waals surface area contributed by atoms with Crippen LogP contribution in [0.25, 0.3) is 0 Å². The number of esters is 2. The Kier molecular flexibility index (Phi) is 6.76. The molecular weight excluding hydrogens is 550 g/mol. The van der Waals surface area contributed by atoms with Crippen molar-refractivity contribution in [3.05, 3.63) is 71.0 Å². The minimum atomic E-state index is -2.45. The average Bonchev–Trinajstić information content (AvgIpc) is 3.32. The molecule has 1 saturated heterocycles. The number of carbonyl (C=O) groups excluding carboxylic acids is 2. The van der Waals surface area contributed by atoms with Crippen molar-refractivity contribution in [2.24, 2.45) is 0 Å². The second-order valence-corrected chi connectivity index (χ2v) is 11.3. The summed E-state index contributed by atoms with van der Waals surface area (Å²) in [5.74, 6) is -4.41. The van der Waals surface area contributed by atoms with E-state index in [1.54, 1.807) is 6.07 Å². The average molecular weight is 582 g/mol. The zero-order valence-corrected chi connectivity index (χ0v) is 22.7. The minimum absolute atomic E-state index is 0.0382. The normalized spacial score (nSPS) is 29.6. The smallest absolute Gasteiger partial charge is 0.349 e. The SMILES string of the molecule is CN1CCC[C@]23c4c5ccc(O)c4O[C@H]2C(OC(=O)[C@H](O)[C@@H](O)C(=O)OC(C(=O)O)c2ccccc2)=CC[C@@]3(O)[C@H]1C5. The van der Waals surface area contributed by atoms with Crippen LogP contribution in [0.4, 0.5) is 0 Å². The van der Waals surface area contributed by atoms with Crippen LogP contribution in [0.5, 0.6) is 11.5 Å². The highest BCUT2D eigenvalue weighted by Gasteiger charge is 2.71. The fourth-order valence-corrected chi connectivity index (χ4v) is 7.20. The van der Waals surface area contributed by atoms with Gasteiger partial charge in [0.15, 0.2) is 29.8 Å². The molecule has 12 heteroatoms. The maximum Gasteiger partial charge on any atom is 0.349 e. The number of ether oxygens (including phenoxy) is 3. The van der Waals surface area contributed by atoms with Gasteiger partial charge in [0.2, 0.25) is 6.10 Å². The third-order valence-electron chi connectivity index (χ3n) is 9.14. The number of aliphatic carboxylic acids is 1. The molecule has 0 aromatic heterocycles. The van der Waals surface area contributed by atoms with E-state index in [1.165, 1.54) is 36.4 Å². The number of likely N-dealkylation sites (N-methyl/N-ethyl adjacent to an activating group) is 1. The van der Waals surface area contributed by atoms with Gasteiger partial charge in [0, 0.05) is 23.6 Å². The highest BCUT2D eigenvalue weighted by Crippen LogP contribution is 2.64. The number of phenols is 1. The van der Waals surface area contributed by atoms with E-state index in [2.05, 4.69) is 4.90 Å². The van der Waals surface area contributed by atoms with Crippen LogP contribution in [0.1, 0.15) is 42.1 Å². The van der Waals surface area contributed by atoms with E-state index in [0.717, 1.165) is 5.56 Å². The van der Waals surface area contributed by atoms with Crippen LogP contribution in [0.2, 0.25) is 0 Å². The molecule has 0 radical (unpaired) electrons. The number of carboxylic acid groups (broad SMARTS) is 1. The molecule has 2 bridgehead atoms. The van der Waals surface area contributed by atoms with Crippen LogP contribution in [-0.2, 0) is 35.7 Å². The third-order valence-corrected chi connectivity index (χ3v) is 9.14. The van der Waals surface area contributed by atoms with Gasteiger partial charge < -0.3 is 44.6 Å². The predicted molar refractivity (Wildman–Crippen MR) is 142 cm³/mol. The first-order valence-electron chi connectivity index (χ1n) is 13.7. The Morgan fingerprint density at radius 2 is 1.79 bits per heavy atom. The highest BCUT2D eigenvalue weighted by molar-refractivity contribution is 5.87. The van der Waals surface area contributed by atoms with Crippen molar-refractivity contribution in [2.75, 3.05) is 13.6 Å². The Hall–Kier alpha value is -3.97. The molecule has 2 aromatic rings. The van der Waals surface area contributed by atoms with E-state index >= 15 is 0 Å². The van der Waals surface area contributed by atoms with Gasteiger partial charge >= 0.3 is 17.9 Å². The Balaban J connectivity index is 1.26. The topological polar surface area (TPSA) is 183 Å². The second kappa shape index (κ2) is 10.1. The number of aliphatic hydroxyl groups excluding tert-OH is 2. The zero-order valence-electron chi connectivity index (χ0n) is 22.7. The van der Waals surface area contributed by atoms with Gasteiger partial charge in [-0.3, -0.25) is 0 Å². The molecular formula is C30H31NO11. The van der Waals surface area contributed by atoms with Gasteiger partial charge in [0.25, 0.3) is 0 Å². The van der Waals surface area contributed by atoms with E-state index in [-0.39, 0.29) is 35.3 Å². The number of carboxylic acids is 1. The molecule has 4 aliphatic rings. The standard InChI is InChI=1S/C30H31NO11/c1-31-13-5-11-29-20-16-8-9-17(32)24(20)41-25(29)18(10-12-30(29,39)19(31)14-16)40-27(37)21(33)22(34)28(38)42-23(26(35)36)15-6-3-2-4-7-15/h2-4,6-10,19,21-23,25,32-34,39H,5,11-14H2,1H3,(H,35,36)/t19-,21-,22-,23?,25+,29+,30-/m1/s1. The van der Waals surface area contributed by atoms with Crippen LogP contribution in [0, 0.1) is 0 Å². The van der Waals surface area contributed by atoms with Crippen LogP contribution in [0.3, 0.4) is 0 Å². The molecule has 2 aliphatic heterocycles. The van der Waals surface area contributed by atoms with Gasteiger partial charge in [-0.25, -0.2) is 14.4 Å². The molecule has 12 nitrogen and oxygen atoms in total. The lowest BCUT2D eigenvalue weighted by atomic mass is 9.52. The Labute approximate surface area is 240 Å². The summed E-state index contributed by atoms with van der Waals surface area (Å²) in [4.78, 5) is 39.4. The Bertz CT molecular complexity index is 1480. The predicted octanol–water partition coefficient (Wildman–Crippen LogP) is 0.694. The molecule has 222 valence electrons. The minimum Gasteiger partial charge on any atom is -0.504 e. The van der Waals surface area contributed by atoms with E-state index in [1.807, 2.05) is 13.1 Å². The van der Waals surface area contributed by atoms with Gasteiger partial charge in [-0.1, -0.05) is 36.4 Å². The Morgan fingerprint density at radius 3 is 2.50 bits per heavy atom. The van der Waals surface area contributed by atoms with E-state index in [9.17, 15) is 39.9 Å². The molecule has 6 rings (SSSR count). The lowest BCUT2D eigenvalue weighted by Gasteiger charge is -2.56. The monoisotopic (exact) mass is 581 g/mol. The van der Waals surface area contributed by atoms with Crippen LogP contribution < -0.4 is 4.74 Å². The van der Waals surface area contributed by atoms with E-state index in [0.29, 0.717) is 31.4 Å². The van der Waals surface area contributed by atoms with Gasteiger partial charge in [0.1, 0.15) is 5.76 Å². The first-order chi connectivity index (χ1) is 20.0. The van der Waals surface area contributed by atoms with Gasteiger partial charge in [-0.15, -0.1) is 0 Å². The highest BCUT2D eigenvalue weighted by atomic mass is 16.6. The fourth-order valence-electron chi connectivity index (χ4n) is 7.20. The maximum absolute atomic E-state index is 13.0. The zero-order chi connectivity index (χ0) is 30.0. The Morgan fingerprint density at radius 1 is 1.07 bits per heavy atom. The molecule has 42 heavy (non-hydrogen) atoms. The van der Waals surface area contributed by atoms with Crippen molar-refractivity contribution in [1.82, 2.24) is 4.90 Å². The lowest BCUT2D eigenvalue weighted by molar-refractivity contribution is -0.181. The van der Waals surface area contributed by atoms with Crippen molar-refractivity contribution in [2.45, 2.75) is 67.2 Å². The first kappa shape index (κ1) is 28.2. The van der Waals surface area contributed by atoms with E-state index in [4.69, 9.17) is 14.2 Å². The fraction of sp³-hybridized carbons (Fsp3) is 0.433. The van der Waals surface area contributed by atoms with Crippen LogP contribution >= 0.6 is 0 Å². The molecule has 2 aromatic carbocycles. The van der Waals surface area contributed by atoms with E-state index < -0.39 is 53.3 Å². The second-order valence-electron chi connectivity index (χ2n) is 11.3. The number of carbonyl (C=O) groups is 3. The van der Waals surface area contributed by atoms with Crippen molar-refractivity contribution < 1.29 is 54.1 Å².